The first-order chi connectivity index (χ1) is 18.6. The Morgan fingerprint density at radius 3 is 2.44 bits per heavy atom. The van der Waals surface area contributed by atoms with E-state index in [1.807, 2.05) is 27.7 Å². The summed E-state index contributed by atoms with van der Waals surface area (Å²) in [5.41, 5.74) is -1.36. The highest BCUT2D eigenvalue weighted by Crippen LogP contribution is 2.63. The summed E-state index contributed by atoms with van der Waals surface area (Å²) in [6.07, 6.45) is 6.23. The molecule has 1 aromatic carbocycles. The molecule has 2 bridgehead atoms. The molecule has 3 N–H and O–H groups in total. The van der Waals surface area contributed by atoms with Gasteiger partial charge in [-0.05, 0) is 69.7 Å². The van der Waals surface area contributed by atoms with Crippen LogP contribution in [0.4, 0.5) is 5.69 Å². The molecule has 1 aromatic rings. The minimum absolute atomic E-state index is 0.0678. The Balaban J connectivity index is 1.47. The monoisotopic (exact) mass is 541 g/mol. The second kappa shape index (κ2) is 10.7. The van der Waals surface area contributed by atoms with Crippen molar-refractivity contribution in [3.8, 4) is 5.75 Å². The quantitative estimate of drug-likeness (QED) is 0.442. The summed E-state index contributed by atoms with van der Waals surface area (Å²) in [5.74, 6) is -1.72. The number of fused-ring (bicyclic) bond motifs is 1. The largest absolute Gasteiger partial charge is 0.494 e. The molecule has 3 amide bonds. The summed E-state index contributed by atoms with van der Waals surface area (Å²) in [4.78, 5) is 43.7. The molecular formula is C30H43N3O6. The standard InChI is InChI=1S/C30H43N3O6/c1-5-38-21-13-11-20(12-14-21)31-26(35)23-24-28(37)33(22(17-34)18(2)3)25(30(24)16-15-29(23,4)39-30)27(36)32-19-9-7-6-8-10-19/h11-14,18-19,22-25,34H,5-10,15-17H2,1-4H3,(H,31,35)(H,32,36)/t22-,23-,24-,25?,29+,30?/m0/s1. The average molecular weight is 542 g/mol. The fourth-order valence-corrected chi connectivity index (χ4v) is 7.59. The van der Waals surface area contributed by atoms with Crippen LogP contribution in [0, 0.1) is 17.8 Å². The van der Waals surface area contributed by atoms with Crippen LogP contribution in [0.25, 0.3) is 0 Å². The summed E-state index contributed by atoms with van der Waals surface area (Å²) >= 11 is 0. The Bertz CT molecular complexity index is 1090. The molecule has 3 heterocycles. The number of rotatable bonds is 9. The predicted molar refractivity (Wildman–Crippen MR) is 146 cm³/mol. The smallest absolute Gasteiger partial charge is 0.246 e. The van der Waals surface area contributed by atoms with E-state index in [0.717, 1.165) is 25.7 Å². The van der Waals surface area contributed by atoms with Crippen LogP contribution in [0.15, 0.2) is 24.3 Å². The minimum atomic E-state index is -1.10. The van der Waals surface area contributed by atoms with E-state index in [0.29, 0.717) is 30.9 Å². The van der Waals surface area contributed by atoms with Crippen molar-refractivity contribution in [1.29, 1.82) is 0 Å². The molecule has 0 radical (unpaired) electrons. The molecule has 0 aromatic heterocycles. The van der Waals surface area contributed by atoms with Gasteiger partial charge in [0.05, 0.1) is 36.7 Å². The lowest BCUT2D eigenvalue weighted by Gasteiger charge is -2.39. The number of anilines is 1. The normalized spacial score (nSPS) is 32.8. The van der Waals surface area contributed by atoms with E-state index in [2.05, 4.69) is 10.6 Å². The molecule has 1 aliphatic carbocycles. The fraction of sp³-hybridized carbons (Fsp3) is 0.700. The first kappa shape index (κ1) is 27.9. The van der Waals surface area contributed by atoms with Gasteiger partial charge in [-0.15, -0.1) is 0 Å². The highest BCUT2D eigenvalue weighted by molar-refractivity contribution is 6.02. The molecule has 2 unspecified atom stereocenters. The van der Waals surface area contributed by atoms with Crippen molar-refractivity contribution in [2.75, 3.05) is 18.5 Å². The Kier molecular flexibility index (Phi) is 7.68. The number of benzene rings is 1. The summed E-state index contributed by atoms with van der Waals surface area (Å²) in [7, 11) is 0. The van der Waals surface area contributed by atoms with E-state index in [-0.39, 0.29) is 36.3 Å². The van der Waals surface area contributed by atoms with E-state index in [1.165, 1.54) is 6.42 Å². The van der Waals surface area contributed by atoms with Crippen LogP contribution in [0.3, 0.4) is 0 Å². The molecule has 3 aliphatic heterocycles. The zero-order valence-electron chi connectivity index (χ0n) is 23.6. The lowest BCUT2D eigenvalue weighted by Crippen LogP contribution is -2.60. The maximum atomic E-state index is 14.3. The van der Waals surface area contributed by atoms with Gasteiger partial charge in [0.25, 0.3) is 0 Å². The van der Waals surface area contributed by atoms with E-state index in [1.54, 1.807) is 29.2 Å². The van der Waals surface area contributed by atoms with Gasteiger partial charge < -0.3 is 30.1 Å². The first-order valence-corrected chi connectivity index (χ1v) is 14.6. The summed E-state index contributed by atoms with van der Waals surface area (Å²) < 4.78 is 12.2. The second-order valence-electron chi connectivity index (χ2n) is 12.3. The summed E-state index contributed by atoms with van der Waals surface area (Å²) in [6, 6.07) is 5.77. The Hall–Kier alpha value is -2.65. The van der Waals surface area contributed by atoms with Crippen LogP contribution in [0.2, 0.25) is 0 Å². The second-order valence-corrected chi connectivity index (χ2v) is 12.3. The molecule has 6 atom stereocenters. The van der Waals surface area contributed by atoms with Crippen LogP contribution in [0.1, 0.15) is 72.6 Å². The van der Waals surface area contributed by atoms with Gasteiger partial charge in [0.15, 0.2) is 0 Å². The number of nitrogens with zero attached hydrogens (tertiary/aromatic N) is 1. The molecular weight excluding hydrogens is 498 g/mol. The zero-order valence-corrected chi connectivity index (χ0v) is 23.6. The third-order valence-corrected chi connectivity index (χ3v) is 9.44. The van der Waals surface area contributed by atoms with Gasteiger partial charge >= 0.3 is 0 Å². The SMILES string of the molecule is CCOc1ccc(NC(=O)[C@@H]2[C@H]3C(=O)N([C@@H](CO)C(C)C)C(C(=O)NC4CCCCC4)C34CC[C@@]2(C)O4)cc1. The average Bonchev–Trinajstić information content (AvgIpc) is 3.47. The van der Waals surface area contributed by atoms with Crippen LogP contribution in [-0.2, 0) is 19.1 Å². The van der Waals surface area contributed by atoms with Crippen LogP contribution in [-0.4, -0.2) is 70.3 Å². The van der Waals surface area contributed by atoms with Crippen LogP contribution >= 0.6 is 0 Å². The number of aliphatic hydroxyl groups excluding tert-OH is 1. The maximum Gasteiger partial charge on any atom is 0.246 e. The fourth-order valence-electron chi connectivity index (χ4n) is 7.59. The number of carbonyl (C=O) groups is 3. The van der Waals surface area contributed by atoms with Gasteiger partial charge in [0, 0.05) is 11.7 Å². The number of nitrogens with one attached hydrogen (secondary N) is 2. The molecule has 1 spiro atoms. The Labute approximate surface area is 231 Å². The van der Waals surface area contributed by atoms with Crippen molar-refractivity contribution >= 4 is 23.4 Å². The topological polar surface area (TPSA) is 117 Å². The number of aliphatic hydroxyl groups is 1. The molecule has 4 fully saturated rings. The van der Waals surface area contributed by atoms with Crippen LogP contribution in [0.5, 0.6) is 5.75 Å². The van der Waals surface area contributed by atoms with Gasteiger partial charge in [-0.3, -0.25) is 14.4 Å². The van der Waals surface area contributed by atoms with Crippen molar-refractivity contribution < 1.29 is 29.0 Å². The molecule has 4 aliphatic rings. The van der Waals surface area contributed by atoms with Gasteiger partial charge in [-0.2, -0.15) is 0 Å². The van der Waals surface area contributed by atoms with E-state index < -0.39 is 35.1 Å². The third kappa shape index (κ3) is 4.71. The van der Waals surface area contributed by atoms with Crippen molar-refractivity contribution in [3.05, 3.63) is 24.3 Å². The lowest BCUT2D eigenvalue weighted by molar-refractivity contribution is -0.150. The number of ether oxygens (including phenoxy) is 2. The van der Waals surface area contributed by atoms with Crippen molar-refractivity contribution in [2.24, 2.45) is 17.8 Å². The van der Waals surface area contributed by atoms with Gasteiger partial charge in [0.1, 0.15) is 17.4 Å². The van der Waals surface area contributed by atoms with E-state index in [9.17, 15) is 19.5 Å². The molecule has 9 heteroatoms. The van der Waals surface area contributed by atoms with Crippen molar-refractivity contribution in [2.45, 2.75) is 102 Å². The molecule has 214 valence electrons. The number of carbonyl (C=O) groups excluding carboxylic acids is 3. The highest BCUT2D eigenvalue weighted by atomic mass is 16.5. The predicted octanol–water partition coefficient (Wildman–Crippen LogP) is 3.25. The summed E-state index contributed by atoms with van der Waals surface area (Å²) in [5, 5.41) is 16.6. The number of hydrogen-bond donors (Lipinski definition) is 3. The summed E-state index contributed by atoms with van der Waals surface area (Å²) in [6.45, 7) is 7.96. The van der Waals surface area contributed by atoms with Crippen molar-refractivity contribution in [3.63, 3.8) is 0 Å². The van der Waals surface area contributed by atoms with Gasteiger partial charge in [0.2, 0.25) is 17.7 Å². The van der Waals surface area contributed by atoms with Crippen LogP contribution < -0.4 is 15.4 Å². The first-order valence-electron chi connectivity index (χ1n) is 14.6. The number of likely N-dealkylation sites (tertiary alicyclic amines) is 1. The molecule has 9 nitrogen and oxygen atoms in total. The van der Waals surface area contributed by atoms with Gasteiger partial charge in [-0.1, -0.05) is 33.1 Å². The third-order valence-electron chi connectivity index (χ3n) is 9.44. The highest BCUT2D eigenvalue weighted by Gasteiger charge is 2.78. The minimum Gasteiger partial charge on any atom is -0.494 e. The maximum absolute atomic E-state index is 14.3. The van der Waals surface area contributed by atoms with E-state index >= 15 is 0 Å². The molecule has 3 saturated heterocycles. The molecule has 39 heavy (non-hydrogen) atoms. The Morgan fingerprint density at radius 1 is 1.13 bits per heavy atom. The number of amides is 3. The molecule has 1 saturated carbocycles. The zero-order chi connectivity index (χ0) is 27.9. The van der Waals surface area contributed by atoms with Crippen molar-refractivity contribution in [1.82, 2.24) is 10.2 Å². The van der Waals surface area contributed by atoms with E-state index in [4.69, 9.17) is 9.47 Å². The van der Waals surface area contributed by atoms with Gasteiger partial charge in [-0.25, -0.2) is 0 Å². The Morgan fingerprint density at radius 2 is 1.82 bits per heavy atom. The lowest BCUT2D eigenvalue weighted by atomic mass is 9.66. The number of hydrogen-bond acceptors (Lipinski definition) is 6. The molecule has 5 rings (SSSR count).